The van der Waals surface area contributed by atoms with Crippen LogP contribution in [-0.4, -0.2) is 60.4 Å². The number of nitrogens with two attached hydrogens (primary N) is 1. The molecule has 0 aliphatic carbocycles. The lowest BCUT2D eigenvalue weighted by Gasteiger charge is -2.38. The zero-order chi connectivity index (χ0) is 17.8. The Kier molecular flexibility index (Phi) is 5.71. The van der Waals surface area contributed by atoms with Crippen LogP contribution in [0.2, 0.25) is 0 Å². The van der Waals surface area contributed by atoms with Crippen LogP contribution in [0.1, 0.15) is 41.6 Å². The normalized spacial score (nSPS) is 22.3. The van der Waals surface area contributed by atoms with E-state index in [1.807, 2.05) is 29.2 Å². The van der Waals surface area contributed by atoms with Gasteiger partial charge in [0.2, 0.25) is 5.91 Å². The highest BCUT2D eigenvalue weighted by molar-refractivity contribution is 5.95. The van der Waals surface area contributed by atoms with Crippen LogP contribution < -0.4 is 5.73 Å². The van der Waals surface area contributed by atoms with Gasteiger partial charge in [-0.15, -0.1) is 0 Å². The van der Waals surface area contributed by atoms with Crippen molar-refractivity contribution in [2.24, 2.45) is 5.73 Å². The molecule has 1 aromatic carbocycles. The number of benzene rings is 1. The second-order valence-electron chi connectivity index (χ2n) is 6.91. The van der Waals surface area contributed by atoms with Crippen LogP contribution >= 0.6 is 0 Å². The number of nitrogens with zero attached hydrogens (tertiary/aromatic N) is 2. The lowest BCUT2D eigenvalue weighted by Crippen LogP contribution is -2.51. The van der Waals surface area contributed by atoms with Gasteiger partial charge in [0.15, 0.2) is 0 Å². The number of carbonyl (C=O) groups is 2. The fourth-order valence-electron chi connectivity index (χ4n) is 4.11. The van der Waals surface area contributed by atoms with E-state index in [9.17, 15) is 9.59 Å². The van der Waals surface area contributed by atoms with Gasteiger partial charge in [-0.25, -0.2) is 0 Å². The molecule has 2 amide bonds. The van der Waals surface area contributed by atoms with Gasteiger partial charge in [0.1, 0.15) is 0 Å². The van der Waals surface area contributed by atoms with Crippen molar-refractivity contribution in [2.75, 3.05) is 26.7 Å². The van der Waals surface area contributed by atoms with Gasteiger partial charge < -0.3 is 15.4 Å². The largest absolute Gasteiger partial charge is 0.380 e. The summed E-state index contributed by atoms with van der Waals surface area (Å²) in [5, 5.41) is 0. The Morgan fingerprint density at radius 1 is 1.16 bits per heavy atom. The third-order valence-corrected chi connectivity index (χ3v) is 5.39. The molecule has 2 N–H and O–H groups in total. The molecule has 0 aromatic heterocycles. The van der Waals surface area contributed by atoms with Gasteiger partial charge in [0, 0.05) is 31.8 Å². The first-order valence-corrected chi connectivity index (χ1v) is 9.03. The molecule has 2 fully saturated rings. The van der Waals surface area contributed by atoms with Gasteiger partial charge in [-0.3, -0.25) is 14.5 Å². The summed E-state index contributed by atoms with van der Waals surface area (Å²) in [6, 6.07) is 7.83. The standard InChI is InChI=1S/C19H27N3O3/c1-25-13-14-5-2-3-6-16(14)19(24)21-11-8-15(9-12-21)22-10-4-7-17(22)18(20)23/h2-3,5-6,15,17H,4,7-13H2,1H3,(H2,20,23)/t17-/m1/s1. The second kappa shape index (κ2) is 7.97. The van der Waals surface area contributed by atoms with E-state index in [-0.39, 0.29) is 17.9 Å². The third-order valence-electron chi connectivity index (χ3n) is 5.39. The number of piperidine rings is 1. The van der Waals surface area contributed by atoms with Crippen molar-refractivity contribution in [1.29, 1.82) is 0 Å². The molecule has 6 heteroatoms. The van der Waals surface area contributed by atoms with Crippen molar-refractivity contribution >= 4 is 11.8 Å². The lowest BCUT2D eigenvalue weighted by molar-refractivity contribution is -0.123. The summed E-state index contributed by atoms with van der Waals surface area (Å²) in [6.45, 7) is 2.80. The van der Waals surface area contributed by atoms with Gasteiger partial charge in [0.05, 0.1) is 12.6 Å². The molecule has 0 unspecified atom stereocenters. The number of rotatable bonds is 5. The number of amides is 2. The smallest absolute Gasteiger partial charge is 0.254 e. The second-order valence-corrected chi connectivity index (χ2v) is 6.91. The molecule has 2 saturated heterocycles. The van der Waals surface area contributed by atoms with Crippen LogP contribution in [0.5, 0.6) is 0 Å². The van der Waals surface area contributed by atoms with Crippen LogP contribution in [0.4, 0.5) is 0 Å². The summed E-state index contributed by atoms with van der Waals surface area (Å²) in [5.41, 5.74) is 7.18. The molecule has 6 nitrogen and oxygen atoms in total. The molecule has 136 valence electrons. The first kappa shape index (κ1) is 17.9. The van der Waals surface area contributed by atoms with Gasteiger partial charge >= 0.3 is 0 Å². The van der Waals surface area contributed by atoms with E-state index in [0.717, 1.165) is 43.4 Å². The molecule has 2 aliphatic rings. The summed E-state index contributed by atoms with van der Waals surface area (Å²) in [5.74, 6) is -0.150. The zero-order valence-electron chi connectivity index (χ0n) is 14.8. The van der Waals surface area contributed by atoms with Crippen molar-refractivity contribution in [3.05, 3.63) is 35.4 Å². The molecule has 1 atom stereocenters. The molecule has 1 aromatic rings. The van der Waals surface area contributed by atoms with Crippen molar-refractivity contribution in [2.45, 2.75) is 44.4 Å². The molecule has 2 heterocycles. The highest BCUT2D eigenvalue weighted by atomic mass is 16.5. The predicted octanol–water partition coefficient (Wildman–Crippen LogP) is 1.39. The molecule has 0 spiro atoms. The molecule has 3 rings (SSSR count). The van der Waals surface area contributed by atoms with Crippen LogP contribution in [0.3, 0.4) is 0 Å². The van der Waals surface area contributed by atoms with Gasteiger partial charge in [-0.05, 0) is 43.9 Å². The Balaban J connectivity index is 1.62. The number of ether oxygens (including phenoxy) is 1. The van der Waals surface area contributed by atoms with Gasteiger partial charge in [0.25, 0.3) is 5.91 Å². The number of methoxy groups -OCH3 is 1. The maximum absolute atomic E-state index is 12.9. The molecule has 0 saturated carbocycles. The number of likely N-dealkylation sites (tertiary alicyclic amines) is 2. The summed E-state index contributed by atoms with van der Waals surface area (Å²) in [7, 11) is 1.64. The summed E-state index contributed by atoms with van der Waals surface area (Å²) in [6.07, 6.45) is 3.67. The molecule has 25 heavy (non-hydrogen) atoms. The minimum atomic E-state index is -0.218. The Hall–Kier alpha value is -1.92. The van der Waals surface area contributed by atoms with Crippen LogP contribution in [-0.2, 0) is 16.1 Å². The lowest BCUT2D eigenvalue weighted by atomic mass is 10.00. The van der Waals surface area contributed by atoms with Crippen LogP contribution in [0.25, 0.3) is 0 Å². The fraction of sp³-hybridized carbons (Fsp3) is 0.579. The Morgan fingerprint density at radius 3 is 2.56 bits per heavy atom. The van der Waals surface area contributed by atoms with E-state index in [2.05, 4.69) is 4.90 Å². The first-order valence-electron chi connectivity index (χ1n) is 9.03. The Bertz CT molecular complexity index is 626. The number of hydrogen-bond acceptors (Lipinski definition) is 4. The first-order chi connectivity index (χ1) is 12.1. The summed E-state index contributed by atoms with van der Waals surface area (Å²) >= 11 is 0. The molecule has 2 aliphatic heterocycles. The number of primary amides is 1. The van der Waals surface area contributed by atoms with E-state index in [1.54, 1.807) is 7.11 Å². The fourth-order valence-corrected chi connectivity index (χ4v) is 4.11. The minimum Gasteiger partial charge on any atom is -0.380 e. The maximum atomic E-state index is 12.9. The topological polar surface area (TPSA) is 75.9 Å². The zero-order valence-corrected chi connectivity index (χ0v) is 14.8. The van der Waals surface area contributed by atoms with Crippen molar-refractivity contribution in [3.8, 4) is 0 Å². The average Bonchev–Trinajstić information content (AvgIpc) is 3.12. The number of carbonyl (C=O) groups excluding carboxylic acids is 2. The van der Waals surface area contributed by atoms with Crippen LogP contribution in [0.15, 0.2) is 24.3 Å². The number of hydrogen-bond donors (Lipinski definition) is 1. The van der Waals surface area contributed by atoms with E-state index in [0.29, 0.717) is 25.7 Å². The van der Waals surface area contributed by atoms with Gasteiger partial charge in [-0.2, -0.15) is 0 Å². The Morgan fingerprint density at radius 2 is 1.88 bits per heavy atom. The van der Waals surface area contributed by atoms with E-state index < -0.39 is 0 Å². The SMILES string of the molecule is COCc1ccccc1C(=O)N1CCC(N2CCC[C@@H]2C(N)=O)CC1. The highest BCUT2D eigenvalue weighted by Crippen LogP contribution is 2.26. The van der Waals surface area contributed by atoms with Crippen molar-refractivity contribution in [1.82, 2.24) is 9.80 Å². The third kappa shape index (κ3) is 3.85. The molecular weight excluding hydrogens is 318 g/mol. The highest BCUT2D eigenvalue weighted by Gasteiger charge is 2.36. The minimum absolute atomic E-state index is 0.0685. The molecular formula is C19H27N3O3. The quantitative estimate of drug-likeness (QED) is 0.875. The monoisotopic (exact) mass is 345 g/mol. The molecule has 0 radical (unpaired) electrons. The van der Waals surface area contributed by atoms with E-state index in [1.165, 1.54) is 0 Å². The predicted molar refractivity (Wildman–Crippen MR) is 95.0 cm³/mol. The van der Waals surface area contributed by atoms with Crippen molar-refractivity contribution in [3.63, 3.8) is 0 Å². The van der Waals surface area contributed by atoms with E-state index in [4.69, 9.17) is 10.5 Å². The van der Waals surface area contributed by atoms with Crippen molar-refractivity contribution < 1.29 is 14.3 Å². The van der Waals surface area contributed by atoms with Gasteiger partial charge in [-0.1, -0.05) is 18.2 Å². The summed E-state index contributed by atoms with van der Waals surface area (Å²) < 4.78 is 5.20. The summed E-state index contributed by atoms with van der Waals surface area (Å²) in [4.78, 5) is 28.7. The van der Waals surface area contributed by atoms with E-state index >= 15 is 0 Å². The average molecular weight is 345 g/mol. The maximum Gasteiger partial charge on any atom is 0.254 e. The van der Waals surface area contributed by atoms with Crippen LogP contribution in [0, 0.1) is 0 Å². The Labute approximate surface area is 148 Å². The molecule has 0 bridgehead atoms.